The second-order valence-corrected chi connectivity index (χ2v) is 9.41. The quantitative estimate of drug-likeness (QED) is 0.405. The van der Waals surface area contributed by atoms with Gasteiger partial charge < -0.3 is 15.2 Å². The van der Waals surface area contributed by atoms with Crippen molar-refractivity contribution in [1.29, 1.82) is 0 Å². The van der Waals surface area contributed by atoms with E-state index in [1.165, 1.54) is 32.2 Å². The number of aromatic nitrogens is 2. The number of carboxylic acid groups (broad SMARTS) is 1. The van der Waals surface area contributed by atoms with Gasteiger partial charge in [-0.25, -0.2) is 14.8 Å². The predicted molar refractivity (Wildman–Crippen MR) is 129 cm³/mol. The Morgan fingerprint density at radius 3 is 2.27 bits per heavy atom. The van der Waals surface area contributed by atoms with Crippen molar-refractivity contribution in [2.75, 3.05) is 6.54 Å². The van der Waals surface area contributed by atoms with Gasteiger partial charge >= 0.3 is 12.1 Å². The van der Waals surface area contributed by atoms with Crippen molar-refractivity contribution in [2.45, 2.75) is 50.8 Å². The number of ether oxygens (including phenoxy) is 1. The molecule has 1 saturated carbocycles. The molecule has 2 aromatic carbocycles. The highest BCUT2D eigenvalue weighted by Gasteiger charge is 2.32. The van der Waals surface area contributed by atoms with Crippen LogP contribution in [0.1, 0.15) is 59.8 Å². The van der Waals surface area contributed by atoms with Crippen LogP contribution in [-0.2, 0) is 17.4 Å². The van der Waals surface area contributed by atoms with E-state index >= 15 is 0 Å². The maximum Gasteiger partial charge on any atom is 0.416 e. The summed E-state index contributed by atoms with van der Waals surface area (Å²) in [7, 11) is 0. The Labute approximate surface area is 211 Å². The lowest BCUT2D eigenvalue weighted by Crippen LogP contribution is -2.37. The number of benzene rings is 2. The summed E-state index contributed by atoms with van der Waals surface area (Å²) in [5.41, 5.74) is 0.237. The van der Waals surface area contributed by atoms with E-state index in [2.05, 4.69) is 15.3 Å². The number of nitrogens with one attached hydrogen (secondary N) is 1. The lowest BCUT2D eigenvalue weighted by Gasteiger charge is -2.21. The summed E-state index contributed by atoms with van der Waals surface area (Å²) in [5, 5.41) is 12.0. The van der Waals surface area contributed by atoms with Crippen LogP contribution in [-0.4, -0.2) is 39.1 Å². The Morgan fingerprint density at radius 1 is 1.05 bits per heavy atom. The molecule has 194 valence electrons. The van der Waals surface area contributed by atoms with Crippen LogP contribution in [0.3, 0.4) is 0 Å². The molecule has 1 aromatic heterocycles. The van der Waals surface area contributed by atoms with Crippen molar-refractivity contribution < 1.29 is 32.6 Å². The van der Waals surface area contributed by atoms with Gasteiger partial charge in [-0.1, -0.05) is 24.3 Å². The Bertz CT molecular complexity index is 1290. The number of aliphatic carboxylic acids is 1. The van der Waals surface area contributed by atoms with Gasteiger partial charge in [-0.05, 0) is 62.9 Å². The van der Waals surface area contributed by atoms with Gasteiger partial charge in [0.05, 0.1) is 16.8 Å². The van der Waals surface area contributed by atoms with Crippen LogP contribution >= 0.6 is 0 Å². The third-order valence-corrected chi connectivity index (χ3v) is 6.01. The fraction of sp³-hybridized carbons (Fsp3) is 0.333. The molecule has 4 rings (SSSR count). The molecule has 0 bridgehead atoms. The smallest absolute Gasteiger partial charge is 0.416 e. The summed E-state index contributed by atoms with van der Waals surface area (Å²) in [6.07, 6.45) is -0.682. The van der Waals surface area contributed by atoms with E-state index in [9.17, 15) is 27.9 Å². The molecule has 1 fully saturated rings. The summed E-state index contributed by atoms with van der Waals surface area (Å²) in [6, 6.07) is 11.6. The highest BCUT2D eigenvalue weighted by molar-refractivity contribution is 5.95. The number of hydrogen-bond donors (Lipinski definition) is 2. The molecule has 0 aliphatic heterocycles. The van der Waals surface area contributed by atoms with Gasteiger partial charge in [0.15, 0.2) is 11.4 Å². The summed E-state index contributed by atoms with van der Waals surface area (Å²) in [5.74, 6) is -0.551. The molecule has 37 heavy (non-hydrogen) atoms. The van der Waals surface area contributed by atoms with Crippen LogP contribution in [0.2, 0.25) is 0 Å². The van der Waals surface area contributed by atoms with E-state index < -0.39 is 23.3 Å². The lowest BCUT2D eigenvalue weighted by atomic mass is 10.1. The molecule has 0 atom stereocenters. The minimum Gasteiger partial charge on any atom is -0.478 e. The monoisotopic (exact) mass is 513 g/mol. The summed E-state index contributed by atoms with van der Waals surface area (Å²) in [4.78, 5) is 32.9. The molecular formula is C27H26F3N3O4. The van der Waals surface area contributed by atoms with Crippen LogP contribution in [0.25, 0.3) is 11.4 Å². The van der Waals surface area contributed by atoms with Crippen molar-refractivity contribution in [1.82, 2.24) is 15.3 Å². The van der Waals surface area contributed by atoms with Crippen LogP contribution in [0.4, 0.5) is 13.2 Å². The summed E-state index contributed by atoms with van der Waals surface area (Å²) < 4.78 is 44.1. The maximum absolute atomic E-state index is 12.9. The van der Waals surface area contributed by atoms with Crippen molar-refractivity contribution in [3.8, 4) is 17.1 Å². The number of carbonyl (C=O) groups is 2. The van der Waals surface area contributed by atoms with Crippen LogP contribution in [0.15, 0.2) is 54.7 Å². The molecular weight excluding hydrogens is 487 g/mol. The maximum atomic E-state index is 12.9. The molecule has 1 aliphatic rings. The van der Waals surface area contributed by atoms with Gasteiger partial charge in [-0.2, -0.15) is 13.2 Å². The van der Waals surface area contributed by atoms with E-state index in [1.54, 1.807) is 24.3 Å². The van der Waals surface area contributed by atoms with Crippen molar-refractivity contribution >= 4 is 11.9 Å². The number of rotatable bonds is 9. The van der Waals surface area contributed by atoms with Gasteiger partial charge in [0.2, 0.25) is 0 Å². The fourth-order valence-electron chi connectivity index (χ4n) is 3.66. The fourth-order valence-corrected chi connectivity index (χ4v) is 3.66. The first-order valence-electron chi connectivity index (χ1n) is 11.8. The largest absolute Gasteiger partial charge is 0.478 e. The number of amides is 1. The van der Waals surface area contributed by atoms with E-state index in [-0.39, 0.29) is 17.6 Å². The number of alkyl halides is 3. The Balaban J connectivity index is 1.39. The van der Waals surface area contributed by atoms with Crippen LogP contribution < -0.4 is 10.1 Å². The van der Waals surface area contributed by atoms with Gasteiger partial charge in [0, 0.05) is 24.2 Å². The first-order valence-corrected chi connectivity index (χ1v) is 11.8. The second-order valence-electron chi connectivity index (χ2n) is 9.41. The molecule has 0 radical (unpaired) electrons. The molecule has 0 saturated heterocycles. The highest BCUT2D eigenvalue weighted by atomic mass is 19.4. The molecule has 10 heteroatoms. The number of hydrogen-bond acceptors (Lipinski definition) is 5. The molecule has 1 heterocycles. The minimum atomic E-state index is -4.42. The van der Waals surface area contributed by atoms with Crippen molar-refractivity contribution in [2.24, 2.45) is 0 Å². The van der Waals surface area contributed by atoms with Crippen LogP contribution in [0, 0.1) is 0 Å². The van der Waals surface area contributed by atoms with Crippen molar-refractivity contribution in [3.05, 3.63) is 77.1 Å². The van der Waals surface area contributed by atoms with Gasteiger partial charge in [0.1, 0.15) is 5.75 Å². The third-order valence-electron chi connectivity index (χ3n) is 6.01. The van der Waals surface area contributed by atoms with E-state index in [0.29, 0.717) is 35.5 Å². The zero-order chi connectivity index (χ0) is 26.8. The number of nitrogens with zero attached hydrogens (tertiary/aromatic N) is 2. The van der Waals surface area contributed by atoms with Crippen LogP contribution in [0.5, 0.6) is 5.75 Å². The van der Waals surface area contributed by atoms with Gasteiger partial charge in [-0.15, -0.1) is 0 Å². The molecule has 1 aliphatic carbocycles. The third kappa shape index (κ3) is 6.44. The standard InChI is InChI=1S/C27H26F3N3O4/c1-26(2,25(35)36)37-20-11-3-16(4-12-20)13-14-31-24(34)21-15-32-23(33-22(21)17-5-6-17)18-7-9-19(10-8-18)27(28,29)30/h3-4,7-12,15,17H,5-6,13-14H2,1-2H3,(H,31,34)(H,35,36). The topological polar surface area (TPSA) is 101 Å². The lowest BCUT2D eigenvalue weighted by molar-refractivity contribution is -0.152. The summed E-state index contributed by atoms with van der Waals surface area (Å²) in [6.45, 7) is 3.29. The average molecular weight is 514 g/mol. The zero-order valence-corrected chi connectivity index (χ0v) is 20.3. The first kappa shape index (κ1) is 26.1. The number of carboxylic acids is 1. The normalized spacial score (nSPS) is 13.8. The molecule has 0 spiro atoms. The second kappa shape index (κ2) is 10.2. The molecule has 3 aromatic rings. The van der Waals surface area contributed by atoms with Crippen molar-refractivity contribution in [3.63, 3.8) is 0 Å². The van der Waals surface area contributed by atoms with Gasteiger partial charge in [0.25, 0.3) is 5.91 Å². The molecule has 2 N–H and O–H groups in total. The Kier molecular flexibility index (Phi) is 7.20. The first-order chi connectivity index (χ1) is 17.4. The number of halogens is 3. The zero-order valence-electron chi connectivity index (χ0n) is 20.3. The Hall–Kier alpha value is -3.95. The molecule has 1 amide bonds. The Morgan fingerprint density at radius 2 is 1.70 bits per heavy atom. The number of carbonyl (C=O) groups excluding carboxylic acids is 1. The average Bonchev–Trinajstić information content (AvgIpc) is 3.69. The van der Waals surface area contributed by atoms with E-state index in [1.807, 2.05) is 0 Å². The predicted octanol–water partition coefficient (Wildman–Crippen LogP) is 5.25. The molecule has 0 unspecified atom stereocenters. The van der Waals surface area contributed by atoms with Gasteiger partial charge in [-0.3, -0.25) is 4.79 Å². The highest BCUT2D eigenvalue weighted by Crippen LogP contribution is 2.41. The van der Waals surface area contributed by atoms with E-state index in [0.717, 1.165) is 30.5 Å². The van der Waals surface area contributed by atoms with E-state index in [4.69, 9.17) is 4.74 Å². The molecule has 7 nitrogen and oxygen atoms in total. The summed E-state index contributed by atoms with van der Waals surface area (Å²) >= 11 is 0. The minimum absolute atomic E-state index is 0.125. The SMILES string of the molecule is CC(C)(Oc1ccc(CCNC(=O)c2cnc(-c3ccc(C(F)(F)F)cc3)nc2C2CC2)cc1)C(=O)O.